The van der Waals surface area contributed by atoms with Crippen molar-refractivity contribution >= 4 is 17.6 Å². The number of likely N-dealkylation sites (tertiary alicyclic amines) is 1. The number of amides is 2. The zero-order chi connectivity index (χ0) is 10.0. The van der Waals surface area contributed by atoms with E-state index < -0.39 is 11.8 Å². The highest BCUT2D eigenvalue weighted by molar-refractivity contribution is 6.02. The van der Waals surface area contributed by atoms with Gasteiger partial charge in [0.15, 0.2) is 0 Å². The Morgan fingerprint density at radius 2 is 2.15 bits per heavy atom. The molecule has 0 spiro atoms. The summed E-state index contributed by atoms with van der Waals surface area (Å²) in [5.41, 5.74) is 5.02. The Morgan fingerprint density at radius 1 is 1.54 bits per heavy atom. The van der Waals surface area contributed by atoms with Crippen molar-refractivity contribution in [3.05, 3.63) is 0 Å². The van der Waals surface area contributed by atoms with Gasteiger partial charge in [-0.1, -0.05) is 0 Å². The molecular weight excluding hydrogens is 172 g/mol. The lowest BCUT2D eigenvalue weighted by Gasteiger charge is -2.29. The highest BCUT2D eigenvalue weighted by Crippen LogP contribution is 2.12. The van der Waals surface area contributed by atoms with Crippen LogP contribution in [0.15, 0.2) is 0 Å². The third-order valence-electron chi connectivity index (χ3n) is 2.21. The summed E-state index contributed by atoms with van der Waals surface area (Å²) in [5, 5.41) is 0. The Morgan fingerprint density at radius 3 is 2.62 bits per heavy atom. The number of Topliss-reactive ketones (excluding diaryl/α,β-unsaturated/α-hetero) is 1. The summed E-state index contributed by atoms with van der Waals surface area (Å²) in [7, 11) is 0. The van der Waals surface area contributed by atoms with Crippen molar-refractivity contribution in [3.8, 4) is 0 Å². The molecule has 1 aliphatic heterocycles. The zero-order valence-corrected chi connectivity index (χ0v) is 7.45. The van der Waals surface area contributed by atoms with E-state index in [1.54, 1.807) is 0 Å². The Kier molecular flexibility index (Phi) is 2.65. The second-order valence-electron chi connectivity index (χ2n) is 3.14. The largest absolute Gasteiger partial charge is 0.369 e. The molecule has 1 rings (SSSR count). The van der Waals surface area contributed by atoms with Crippen molar-refractivity contribution in [2.24, 2.45) is 11.7 Å². The number of carbonyl (C=O) groups excluding carboxylic acids is 3. The van der Waals surface area contributed by atoms with Gasteiger partial charge in [0.1, 0.15) is 11.7 Å². The van der Waals surface area contributed by atoms with E-state index in [1.807, 2.05) is 0 Å². The van der Waals surface area contributed by atoms with Crippen LogP contribution in [0.4, 0.5) is 0 Å². The monoisotopic (exact) mass is 184 g/mol. The van der Waals surface area contributed by atoms with Gasteiger partial charge in [0.25, 0.3) is 0 Å². The number of nitrogens with two attached hydrogens (primary N) is 1. The van der Waals surface area contributed by atoms with Crippen molar-refractivity contribution < 1.29 is 14.4 Å². The minimum Gasteiger partial charge on any atom is -0.369 e. The van der Waals surface area contributed by atoms with Crippen LogP contribution in [0.1, 0.15) is 13.3 Å². The van der Waals surface area contributed by atoms with E-state index in [0.717, 1.165) is 0 Å². The SMILES string of the molecule is CC(=O)N1CCC(=O)C(C(N)=O)C1. The number of hydrogen-bond acceptors (Lipinski definition) is 3. The molecule has 0 saturated carbocycles. The molecule has 0 aromatic heterocycles. The molecule has 0 aromatic carbocycles. The van der Waals surface area contributed by atoms with Gasteiger partial charge in [-0.25, -0.2) is 0 Å². The Bertz CT molecular complexity index is 262. The molecule has 0 radical (unpaired) electrons. The maximum atomic E-state index is 11.2. The lowest BCUT2D eigenvalue weighted by atomic mass is 9.96. The van der Waals surface area contributed by atoms with Gasteiger partial charge >= 0.3 is 0 Å². The molecule has 0 aliphatic carbocycles. The molecule has 72 valence electrons. The lowest BCUT2D eigenvalue weighted by Crippen LogP contribution is -2.48. The van der Waals surface area contributed by atoms with Gasteiger partial charge in [0.2, 0.25) is 11.8 Å². The summed E-state index contributed by atoms with van der Waals surface area (Å²) in [5.74, 6) is -1.74. The summed E-state index contributed by atoms with van der Waals surface area (Å²) >= 11 is 0. The van der Waals surface area contributed by atoms with Crippen LogP contribution in [0.5, 0.6) is 0 Å². The highest BCUT2D eigenvalue weighted by atomic mass is 16.2. The molecular formula is C8H12N2O3. The first-order valence-electron chi connectivity index (χ1n) is 4.10. The molecule has 13 heavy (non-hydrogen) atoms. The quantitative estimate of drug-likeness (QED) is 0.526. The van der Waals surface area contributed by atoms with Crippen molar-refractivity contribution in [3.63, 3.8) is 0 Å². The predicted octanol–water partition coefficient (Wildman–Crippen LogP) is -1.09. The molecule has 1 aliphatic rings. The van der Waals surface area contributed by atoms with Gasteiger partial charge in [-0.2, -0.15) is 0 Å². The molecule has 5 nitrogen and oxygen atoms in total. The third-order valence-corrected chi connectivity index (χ3v) is 2.21. The normalized spacial score (nSPS) is 23.0. The van der Waals surface area contributed by atoms with E-state index in [2.05, 4.69) is 0 Å². The van der Waals surface area contributed by atoms with E-state index in [1.165, 1.54) is 11.8 Å². The summed E-state index contributed by atoms with van der Waals surface area (Å²) in [6.07, 6.45) is 0.229. The lowest BCUT2D eigenvalue weighted by molar-refractivity contribution is -0.139. The maximum absolute atomic E-state index is 11.2. The van der Waals surface area contributed by atoms with E-state index in [0.29, 0.717) is 6.54 Å². The Labute approximate surface area is 75.9 Å². The van der Waals surface area contributed by atoms with E-state index >= 15 is 0 Å². The standard InChI is InChI=1S/C8H12N2O3/c1-5(11)10-3-2-7(12)6(4-10)8(9)13/h6H,2-4H2,1H3,(H2,9,13). The summed E-state index contributed by atoms with van der Waals surface area (Å²) in [4.78, 5) is 34.4. The first-order chi connectivity index (χ1) is 6.02. The second-order valence-corrected chi connectivity index (χ2v) is 3.14. The van der Waals surface area contributed by atoms with Crippen LogP contribution in [0, 0.1) is 5.92 Å². The minimum atomic E-state index is -0.808. The van der Waals surface area contributed by atoms with E-state index in [9.17, 15) is 14.4 Å². The van der Waals surface area contributed by atoms with Gasteiger partial charge in [-0.15, -0.1) is 0 Å². The van der Waals surface area contributed by atoms with E-state index in [4.69, 9.17) is 5.73 Å². The van der Waals surface area contributed by atoms with Gasteiger partial charge in [0.05, 0.1) is 0 Å². The first-order valence-corrected chi connectivity index (χ1v) is 4.10. The minimum absolute atomic E-state index is 0.126. The molecule has 2 amide bonds. The summed E-state index contributed by atoms with van der Waals surface area (Å²) < 4.78 is 0. The van der Waals surface area contributed by atoms with E-state index in [-0.39, 0.29) is 24.7 Å². The zero-order valence-electron chi connectivity index (χ0n) is 7.45. The van der Waals surface area contributed by atoms with Crippen LogP contribution >= 0.6 is 0 Å². The number of nitrogens with zero attached hydrogens (tertiary/aromatic N) is 1. The van der Waals surface area contributed by atoms with Crippen molar-refractivity contribution in [2.45, 2.75) is 13.3 Å². The average molecular weight is 184 g/mol. The summed E-state index contributed by atoms with van der Waals surface area (Å²) in [6, 6.07) is 0. The van der Waals surface area contributed by atoms with Crippen LogP contribution in [0.3, 0.4) is 0 Å². The number of ketones is 1. The van der Waals surface area contributed by atoms with Gasteiger partial charge < -0.3 is 10.6 Å². The topological polar surface area (TPSA) is 80.5 Å². The Hall–Kier alpha value is -1.39. The number of piperidine rings is 1. The molecule has 1 saturated heterocycles. The average Bonchev–Trinajstić information content (AvgIpc) is 2.04. The molecule has 1 fully saturated rings. The molecule has 2 N–H and O–H groups in total. The molecule has 0 bridgehead atoms. The van der Waals surface area contributed by atoms with Crippen LogP contribution in [-0.2, 0) is 14.4 Å². The van der Waals surface area contributed by atoms with Gasteiger partial charge in [-0.3, -0.25) is 14.4 Å². The van der Waals surface area contributed by atoms with Gasteiger partial charge in [-0.05, 0) is 0 Å². The fourth-order valence-corrected chi connectivity index (χ4v) is 1.37. The Balaban J connectivity index is 2.68. The van der Waals surface area contributed by atoms with Gasteiger partial charge in [0, 0.05) is 26.4 Å². The summed E-state index contributed by atoms with van der Waals surface area (Å²) in [6.45, 7) is 1.95. The fourth-order valence-electron chi connectivity index (χ4n) is 1.37. The molecule has 1 heterocycles. The fraction of sp³-hybridized carbons (Fsp3) is 0.625. The number of hydrogen-bond donors (Lipinski definition) is 1. The van der Waals surface area contributed by atoms with Crippen molar-refractivity contribution in [1.29, 1.82) is 0 Å². The van der Waals surface area contributed by atoms with Crippen LogP contribution in [0.25, 0.3) is 0 Å². The number of carbonyl (C=O) groups is 3. The van der Waals surface area contributed by atoms with Crippen molar-refractivity contribution in [2.75, 3.05) is 13.1 Å². The van der Waals surface area contributed by atoms with Crippen LogP contribution < -0.4 is 5.73 Å². The highest BCUT2D eigenvalue weighted by Gasteiger charge is 2.32. The molecule has 5 heteroatoms. The second kappa shape index (κ2) is 3.55. The number of primary amides is 1. The van der Waals surface area contributed by atoms with Crippen LogP contribution in [0.2, 0.25) is 0 Å². The molecule has 1 atom stereocenters. The predicted molar refractivity (Wildman–Crippen MR) is 44.6 cm³/mol. The maximum Gasteiger partial charge on any atom is 0.229 e. The number of rotatable bonds is 1. The van der Waals surface area contributed by atoms with Crippen molar-refractivity contribution in [1.82, 2.24) is 4.90 Å². The smallest absolute Gasteiger partial charge is 0.229 e. The molecule has 0 aromatic rings. The molecule has 1 unspecified atom stereocenters. The first kappa shape index (κ1) is 9.70. The third kappa shape index (κ3) is 2.05. The van der Waals surface area contributed by atoms with Crippen LogP contribution in [-0.4, -0.2) is 35.6 Å².